The quantitative estimate of drug-likeness (QED) is 0.587. The minimum absolute atomic E-state index is 0.104. The van der Waals surface area contributed by atoms with Gasteiger partial charge in [-0.25, -0.2) is 21.6 Å². The van der Waals surface area contributed by atoms with Gasteiger partial charge in [0.1, 0.15) is 0 Å². The summed E-state index contributed by atoms with van der Waals surface area (Å²) in [4.78, 5) is 13.1. The van der Waals surface area contributed by atoms with Gasteiger partial charge in [-0.2, -0.15) is 4.31 Å². The molecule has 8 nitrogen and oxygen atoms in total. The van der Waals surface area contributed by atoms with Crippen molar-refractivity contribution in [2.24, 2.45) is 0 Å². The Labute approximate surface area is 196 Å². The van der Waals surface area contributed by atoms with Crippen molar-refractivity contribution in [1.82, 2.24) is 14.3 Å². The summed E-state index contributed by atoms with van der Waals surface area (Å²) in [6.07, 6.45) is 2.68. The van der Waals surface area contributed by atoms with E-state index in [4.69, 9.17) is 0 Å². The SMILES string of the molecule is Cc1ccc(S(=O)(=O)N2CCCCC2)cc1C(=O)NCc1cccc(S(=O)(=O)NC(C)C)c1. The third kappa shape index (κ3) is 6.20. The number of carbonyl (C=O) groups excluding carboxylic acids is 1. The van der Waals surface area contributed by atoms with Gasteiger partial charge >= 0.3 is 0 Å². The molecule has 0 unspecified atom stereocenters. The molecule has 2 aromatic rings. The summed E-state index contributed by atoms with van der Waals surface area (Å²) >= 11 is 0. The number of nitrogens with zero attached hydrogens (tertiary/aromatic N) is 1. The van der Waals surface area contributed by atoms with Crippen molar-refractivity contribution in [3.05, 3.63) is 59.2 Å². The number of amides is 1. The number of rotatable bonds is 8. The Kier molecular flexibility index (Phi) is 7.94. The highest BCUT2D eigenvalue weighted by atomic mass is 32.2. The molecule has 0 bridgehead atoms. The largest absolute Gasteiger partial charge is 0.348 e. The van der Waals surface area contributed by atoms with Crippen LogP contribution < -0.4 is 10.0 Å². The fraction of sp³-hybridized carbons (Fsp3) is 0.435. The lowest BCUT2D eigenvalue weighted by molar-refractivity contribution is 0.0950. The number of piperidine rings is 1. The van der Waals surface area contributed by atoms with E-state index in [9.17, 15) is 21.6 Å². The Hall–Kier alpha value is -2.27. The first-order valence-electron chi connectivity index (χ1n) is 11.0. The second kappa shape index (κ2) is 10.3. The van der Waals surface area contributed by atoms with Crippen molar-refractivity contribution < 1.29 is 21.6 Å². The van der Waals surface area contributed by atoms with E-state index in [1.54, 1.807) is 39.0 Å². The third-order valence-corrected chi connectivity index (χ3v) is 9.01. The summed E-state index contributed by atoms with van der Waals surface area (Å²) in [7, 11) is -7.30. The standard InChI is InChI=1S/C23H31N3O5S2/c1-17(2)25-32(28,29)20-9-7-8-19(14-20)16-24-23(27)22-15-21(11-10-18(22)3)33(30,31)26-12-5-4-6-13-26/h7-11,14-15,17,25H,4-6,12-13,16H2,1-3H3,(H,24,27). The molecule has 10 heteroatoms. The van der Waals surface area contributed by atoms with Crippen LogP contribution in [-0.4, -0.2) is 46.2 Å². The molecular formula is C23H31N3O5S2. The van der Waals surface area contributed by atoms with Gasteiger partial charge < -0.3 is 5.32 Å². The van der Waals surface area contributed by atoms with E-state index in [0.717, 1.165) is 19.3 Å². The van der Waals surface area contributed by atoms with Crippen LogP contribution in [0.4, 0.5) is 0 Å². The maximum absolute atomic E-state index is 13.0. The number of sulfonamides is 2. The van der Waals surface area contributed by atoms with E-state index in [0.29, 0.717) is 24.2 Å². The fourth-order valence-corrected chi connectivity index (χ4v) is 6.60. The summed E-state index contributed by atoms with van der Waals surface area (Å²) in [6.45, 7) is 6.31. The lowest BCUT2D eigenvalue weighted by Crippen LogP contribution is -2.35. The lowest BCUT2D eigenvalue weighted by atomic mass is 10.1. The zero-order valence-corrected chi connectivity index (χ0v) is 20.8. The molecule has 1 heterocycles. The Morgan fingerprint density at radius 2 is 1.67 bits per heavy atom. The molecule has 180 valence electrons. The van der Waals surface area contributed by atoms with Gasteiger partial charge in [-0.3, -0.25) is 4.79 Å². The van der Waals surface area contributed by atoms with Crippen molar-refractivity contribution in [1.29, 1.82) is 0 Å². The summed E-state index contributed by atoms with van der Waals surface area (Å²) in [6, 6.07) is 10.7. The minimum atomic E-state index is -3.65. The van der Waals surface area contributed by atoms with E-state index >= 15 is 0 Å². The van der Waals surface area contributed by atoms with Crippen LogP contribution in [0, 0.1) is 6.92 Å². The zero-order valence-electron chi connectivity index (χ0n) is 19.2. The maximum atomic E-state index is 13.0. The van der Waals surface area contributed by atoms with Crippen molar-refractivity contribution in [3.8, 4) is 0 Å². The van der Waals surface area contributed by atoms with Crippen molar-refractivity contribution >= 4 is 26.0 Å². The molecule has 1 aliphatic heterocycles. The molecule has 2 aromatic carbocycles. The van der Waals surface area contributed by atoms with Gasteiger partial charge in [0.2, 0.25) is 20.0 Å². The molecule has 0 aromatic heterocycles. The highest BCUT2D eigenvalue weighted by molar-refractivity contribution is 7.89. The van der Waals surface area contributed by atoms with E-state index in [-0.39, 0.29) is 27.9 Å². The summed E-state index contributed by atoms with van der Waals surface area (Å²) in [5, 5.41) is 2.77. The highest BCUT2D eigenvalue weighted by Crippen LogP contribution is 2.23. The van der Waals surface area contributed by atoms with Gasteiger partial charge in [-0.05, 0) is 69.0 Å². The molecule has 0 atom stereocenters. The highest BCUT2D eigenvalue weighted by Gasteiger charge is 2.27. The van der Waals surface area contributed by atoms with Crippen LogP contribution in [0.25, 0.3) is 0 Å². The molecule has 3 rings (SSSR count). The smallest absolute Gasteiger partial charge is 0.251 e. The fourth-order valence-electron chi connectivity index (χ4n) is 3.74. The molecule has 0 radical (unpaired) electrons. The van der Waals surface area contributed by atoms with Crippen LogP contribution in [0.2, 0.25) is 0 Å². The number of benzene rings is 2. The predicted octanol–water partition coefficient (Wildman–Crippen LogP) is 2.79. The Bertz CT molecular complexity index is 1220. The molecule has 1 aliphatic rings. The van der Waals surface area contributed by atoms with Gasteiger partial charge in [0.15, 0.2) is 0 Å². The topological polar surface area (TPSA) is 113 Å². The van der Waals surface area contributed by atoms with E-state index in [1.165, 1.54) is 28.6 Å². The Balaban J connectivity index is 1.76. The number of nitrogens with one attached hydrogen (secondary N) is 2. The summed E-state index contributed by atoms with van der Waals surface area (Å²) in [5.74, 6) is -0.420. The van der Waals surface area contributed by atoms with Crippen molar-refractivity contribution in [3.63, 3.8) is 0 Å². The molecular weight excluding hydrogens is 462 g/mol. The molecule has 33 heavy (non-hydrogen) atoms. The molecule has 2 N–H and O–H groups in total. The number of hydrogen-bond acceptors (Lipinski definition) is 5. The average molecular weight is 494 g/mol. The minimum Gasteiger partial charge on any atom is -0.348 e. The number of carbonyl (C=O) groups is 1. The van der Waals surface area contributed by atoms with Gasteiger partial charge in [0.25, 0.3) is 5.91 Å². The number of aryl methyl sites for hydroxylation is 1. The number of hydrogen-bond donors (Lipinski definition) is 2. The molecule has 1 amide bonds. The average Bonchev–Trinajstić information content (AvgIpc) is 2.77. The molecule has 0 aliphatic carbocycles. The second-order valence-electron chi connectivity index (χ2n) is 8.55. The van der Waals surface area contributed by atoms with Gasteiger partial charge in [-0.15, -0.1) is 0 Å². The predicted molar refractivity (Wildman–Crippen MR) is 127 cm³/mol. The normalized spacial score (nSPS) is 15.5. The third-order valence-electron chi connectivity index (χ3n) is 5.46. The van der Waals surface area contributed by atoms with Crippen LogP contribution in [0.3, 0.4) is 0 Å². The Morgan fingerprint density at radius 1 is 0.970 bits per heavy atom. The van der Waals surface area contributed by atoms with Gasteiger partial charge in [0.05, 0.1) is 9.79 Å². The monoisotopic (exact) mass is 493 g/mol. The molecule has 1 saturated heterocycles. The lowest BCUT2D eigenvalue weighted by Gasteiger charge is -2.26. The molecule has 1 fully saturated rings. The first-order chi connectivity index (χ1) is 15.5. The van der Waals surface area contributed by atoms with E-state index in [1.807, 2.05) is 0 Å². The maximum Gasteiger partial charge on any atom is 0.251 e. The van der Waals surface area contributed by atoms with Crippen LogP contribution in [0.5, 0.6) is 0 Å². The van der Waals surface area contributed by atoms with Crippen molar-refractivity contribution in [2.45, 2.75) is 62.4 Å². The van der Waals surface area contributed by atoms with E-state index < -0.39 is 26.0 Å². The van der Waals surface area contributed by atoms with Crippen LogP contribution in [0.1, 0.15) is 54.6 Å². The van der Waals surface area contributed by atoms with Crippen LogP contribution in [-0.2, 0) is 26.6 Å². The first-order valence-corrected chi connectivity index (χ1v) is 13.9. The van der Waals surface area contributed by atoms with Crippen molar-refractivity contribution in [2.75, 3.05) is 13.1 Å². The van der Waals surface area contributed by atoms with Gasteiger partial charge in [0, 0.05) is 31.2 Å². The van der Waals surface area contributed by atoms with Crippen LogP contribution >= 0.6 is 0 Å². The Morgan fingerprint density at radius 3 is 2.33 bits per heavy atom. The molecule has 0 spiro atoms. The zero-order chi connectivity index (χ0) is 24.2. The summed E-state index contributed by atoms with van der Waals surface area (Å²) < 4.78 is 54.8. The second-order valence-corrected chi connectivity index (χ2v) is 12.2. The van der Waals surface area contributed by atoms with E-state index in [2.05, 4.69) is 10.0 Å². The van der Waals surface area contributed by atoms with Crippen LogP contribution in [0.15, 0.2) is 52.3 Å². The van der Waals surface area contributed by atoms with Gasteiger partial charge in [-0.1, -0.05) is 24.6 Å². The first kappa shape index (κ1) is 25.4. The molecule has 0 saturated carbocycles. The summed E-state index contributed by atoms with van der Waals surface area (Å²) in [5.41, 5.74) is 1.55.